The summed E-state index contributed by atoms with van der Waals surface area (Å²) >= 11 is 1.59. The molecule has 3 heterocycles. The number of ketones is 1. The zero-order valence-corrected chi connectivity index (χ0v) is 19.6. The van der Waals surface area contributed by atoms with Gasteiger partial charge < -0.3 is 14.8 Å². The standard InChI is InChI=1S/C26H25F2NO4S/c1-14-23(26(31)33-13-17-4-2-8-32-17)24(18-12-16(27)6-7-19(18)28)25-20(29-14)10-15(11-21(25)30)22-5-3-9-34-22/h3,5-7,9,12,15,17,24,29H,2,4,8,10-11,13H2,1H3/t15-,17-,24-/m0/s1. The van der Waals surface area contributed by atoms with E-state index in [0.29, 0.717) is 30.0 Å². The van der Waals surface area contributed by atoms with Crippen LogP contribution in [-0.2, 0) is 19.1 Å². The monoisotopic (exact) mass is 485 g/mol. The average Bonchev–Trinajstić information content (AvgIpc) is 3.52. The van der Waals surface area contributed by atoms with E-state index in [-0.39, 0.29) is 42.0 Å². The second kappa shape index (κ2) is 9.43. The van der Waals surface area contributed by atoms with Crippen molar-refractivity contribution in [1.29, 1.82) is 0 Å². The number of halogens is 2. The van der Waals surface area contributed by atoms with Crippen LogP contribution in [0.5, 0.6) is 0 Å². The minimum atomic E-state index is -1.04. The van der Waals surface area contributed by atoms with Crippen LogP contribution in [0.4, 0.5) is 8.78 Å². The Balaban J connectivity index is 1.54. The zero-order chi connectivity index (χ0) is 23.8. The van der Waals surface area contributed by atoms with Gasteiger partial charge in [-0.1, -0.05) is 6.07 Å². The number of thiophene rings is 1. The summed E-state index contributed by atoms with van der Waals surface area (Å²) in [7, 11) is 0. The van der Waals surface area contributed by atoms with E-state index < -0.39 is 23.5 Å². The molecule has 5 rings (SSSR count). The Hall–Kier alpha value is -2.84. The van der Waals surface area contributed by atoms with Crippen LogP contribution in [0.2, 0.25) is 0 Å². The highest BCUT2D eigenvalue weighted by atomic mass is 32.1. The van der Waals surface area contributed by atoms with Crippen molar-refractivity contribution in [2.45, 2.75) is 50.5 Å². The van der Waals surface area contributed by atoms with E-state index in [1.807, 2.05) is 17.5 Å². The molecule has 5 nitrogen and oxygen atoms in total. The van der Waals surface area contributed by atoms with Crippen molar-refractivity contribution in [3.8, 4) is 0 Å². The van der Waals surface area contributed by atoms with Crippen molar-refractivity contribution in [3.05, 3.63) is 80.3 Å². The molecule has 0 amide bonds. The highest BCUT2D eigenvalue weighted by Crippen LogP contribution is 2.46. The van der Waals surface area contributed by atoms with Crippen LogP contribution in [0, 0.1) is 11.6 Å². The Bertz CT molecular complexity index is 1180. The molecule has 0 spiro atoms. The van der Waals surface area contributed by atoms with Crippen LogP contribution in [0.15, 0.2) is 58.3 Å². The normalized spacial score (nSPS) is 24.8. The first-order valence-electron chi connectivity index (χ1n) is 11.4. The van der Waals surface area contributed by atoms with Gasteiger partial charge in [0.1, 0.15) is 18.2 Å². The fourth-order valence-electron chi connectivity index (χ4n) is 5.10. The lowest BCUT2D eigenvalue weighted by molar-refractivity contribution is -0.142. The molecule has 1 saturated heterocycles. The smallest absolute Gasteiger partial charge is 0.336 e. The predicted molar refractivity (Wildman–Crippen MR) is 123 cm³/mol. The summed E-state index contributed by atoms with van der Waals surface area (Å²) in [6.45, 7) is 2.41. The van der Waals surface area contributed by atoms with Gasteiger partial charge >= 0.3 is 5.97 Å². The summed E-state index contributed by atoms with van der Waals surface area (Å²) in [4.78, 5) is 27.8. The summed E-state index contributed by atoms with van der Waals surface area (Å²) in [5, 5.41) is 5.20. The number of nitrogens with one attached hydrogen (secondary N) is 1. The van der Waals surface area contributed by atoms with Crippen molar-refractivity contribution < 1.29 is 27.8 Å². The molecule has 0 radical (unpaired) electrons. The predicted octanol–water partition coefficient (Wildman–Crippen LogP) is 5.11. The Kier molecular flexibility index (Phi) is 6.36. The van der Waals surface area contributed by atoms with Crippen LogP contribution >= 0.6 is 11.3 Å². The molecular formula is C26H25F2NO4S. The second-order valence-corrected chi connectivity index (χ2v) is 9.91. The van der Waals surface area contributed by atoms with Gasteiger partial charge in [-0.15, -0.1) is 11.3 Å². The molecule has 3 atom stereocenters. The molecule has 0 saturated carbocycles. The van der Waals surface area contributed by atoms with Crippen LogP contribution in [0.1, 0.15) is 54.9 Å². The maximum atomic E-state index is 15.0. The largest absolute Gasteiger partial charge is 0.459 e. The summed E-state index contributed by atoms with van der Waals surface area (Å²) in [6.07, 6.45) is 2.31. The maximum Gasteiger partial charge on any atom is 0.336 e. The molecule has 2 aliphatic heterocycles. The number of esters is 1. The summed E-state index contributed by atoms with van der Waals surface area (Å²) in [5.74, 6) is -3.20. The molecule has 1 aromatic carbocycles. The van der Waals surface area contributed by atoms with Gasteiger partial charge in [-0.05, 0) is 55.8 Å². The van der Waals surface area contributed by atoms with Crippen LogP contribution in [0.3, 0.4) is 0 Å². The first kappa shape index (κ1) is 22.9. The number of rotatable bonds is 5. The lowest BCUT2D eigenvalue weighted by Gasteiger charge is -2.36. The van der Waals surface area contributed by atoms with E-state index in [1.54, 1.807) is 18.3 Å². The van der Waals surface area contributed by atoms with E-state index in [4.69, 9.17) is 9.47 Å². The summed E-state index contributed by atoms with van der Waals surface area (Å²) in [5.41, 5.74) is 1.53. The van der Waals surface area contributed by atoms with Crippen molar-refractivity contribution in [1.82, 2.24) is 5.32 Å². The van der Waals surface area contributed by atoms with Gasteiger partial charge in [0.25, 0.3) is 0 Å². The minimum Gasteiger partial charge on any atom is -0.459 e. The van der Waals surface area contributed by atoms with E-state index in [2.05, 4.69) is 5.32 Å². The molecule has 34 heavy (non-hydrogen) atoms. The summed E-state index contributed by atoms with van der Waals surface area (Å²) < 4.78 is 40.3. The first-order chi connectivity index (χ1) is 16.4. The van der Waals surface area contributed by atoms with Crippen molar-refractivity contribution in [2.75, 3.05) is 13.2 Å². The number of carbonyl (C=O) groups is 2. The van der Waals surface area contributed by atoms with Crippen LogP contribution in [-0.4, -0.2) is 31.1 Å². The molecule has 8 heteroatoms. The van der Waals surface area contributed by atoms with E-state index in [1.165, 1.54) is 0 Å². The van der Waals surface area contributed by atoms with Gasteiger partial charge in [-0.25, -0.2) is 13.6 Å². The molecular weight excluding hydrogens is 460 g/mol. The van der Waals surface area contributed by atoms with Gasteiger partial charge in [0, 0.05) is 46.4 Å². The summed E-state index contributed by atoms with van der Waals surface area (Å²) in [6, 6.07) is 7.06. The quantitative estimate of drug-likeness (QED) is 0.597. The molecule has 0 bridgehead atoms. The Morgan fingerprint density at radius 2 is 2.12 bits per heavy atom. The highest BCUT2D eigenvalue weighted by molar-refractivity contribution is 7.10. The van der Waals surface area contributed by atoms with E-state index >= 15 is 4.39 Å². The number of dihydropyridines is 1. The molecule has 0 unspecified atom stereocenters. The van der Waals surface area contributed by atoms with Crippen molar-refractivity contribution >= 4 is 23.1 Å². The Morgan fingerprint density at radius 3 is 2.85 bits per heavy atom. The van der Waals surface area contributed by atoms with Gasteiger partial charge in [-0.3, -0.25) is 4.79 Å². The molecule has 1 aliphatic carbocycles. The number of Topliss-reactive ketones (excluding diaryl/α,β-unsaturated/α-hetero) is 1. The third-order valence-corrected chi connectivity index (χ3v) is 7.72. The Labute approximate surface area is 200 Å². The van der Waals surface area contributed by atoms with Gasteiger partial charge in [0.05, 0.1) is 17.6 Å². The number of allylic oxidation sites excluding steroid dienone is 3. The van der Waals surface area contributed by atoms with Gasteiger partial charge in [0.2, 0.25) is 0 Å². The molecule has 2 aromatic rings. The topological polar surface area (TPSA) is 64.6 Å². The van der Waals surface area contributed by atoms with Gasteiger partial charge in [0.15, 0.2) is 5.78 Å². The molecule has 3 aliphatic rings. The number of hydrogen-bond acceptors (Lipinski definition) is 6. The first-order valence-corrected chi connectivity index (χ1v) is 12.3. The molecule has 1 N–H and O–H groups in total. The fourth-order valence-corrected chi connectivity index (χ4v) is 5.93. The number of benzene rings is 1. The lowest BCUT2D eigenvalue weighted by Crippen LogP contribution is -2.36. The molecule has 1 aromatic heterocycles. The third kappa shape index (κ3) is 4.32. The van der Waals surface area contributed by atoms with Crippen molar-refractivity contribution in [2.24, 2.45) is 0 Å². The minimum absolute atomic E-state index is 0.00225. The van der Waals surface area contributed by atoms with Gasteiger partial charge in [-0.2, -0.15) is 0 Å². The number of hydrogen-bond donors (Lipinski definition) is 1. The SMILES string of the molecule is CC1=C(C(=O)OC[C@@H]2CCCO2)[C@H](c2cc(F)ccc2F)C2=C(C[C@H](c3cccs3)CC2=O)N1. The highest BCUT2D eigenvalue weighted by Gasteiger charge is 2.42. The molecule has 1 fully saturated rings. The van der Waals surface area contributed by atoms with Crippen LogP contribution in [0.25, 0.3) is 0 Å². The van der Waals surface area contributed by atoms with Crippen LogP contribution < -0.4 is 5.32 Å². The average molecular weight is 486 g/mol. The third-order valence-electron chi connectivity index (χ3n) is 6.69. The number of ether oxygens (including phenoxy) is 2. The number of carbonyl (C=O) groups excluding carboxylic acids is 2. The fraction of sp³-hybridized carbons (Fsp3) is 0.385. The Morgan fingerprint density at radius 1 is 1.26 bits per heavy atom. The van der Waals surface area contributed by atoms with E-state index in [9.17, 15) is 14.0 Å². The second-order valence-electron chi connectivity index (χ2n) is 8.93. The zero-order valence-electron chi connectivity index (χ0n) is 18.7. The van der Waals surface area contributed by atoms with Crippen molar-refractivity contribution in [3.63, 3.8) is 0 Å². The maximum absolute atomic E-state index is 15.0. The molecule has 178 valence electrons. The van der Waals surface area contributed by atoms with E-state index in [0.717, 1.165) is 35.9 Å². The lowest BCUT2D eigenvalue weighted by atomic mass is 9.72.